The number of methoxy groups -OCH3 is 1. The quantitative estimate of drug-likeness (QED) is 0.0688. The first-order valence-electron chi connectivity index (χ1n) is 15.9. The van der Waals surface area contributed by atoms with E-state index in [9.17, 15) is 14.5 Å². The van der Waals surface area contributed by atoms with E-state index in [1.54, 1.807) is 25.1 Å². The molecule has 0 bridgehead atoms. The number of ether oxygens (including phenoxy) is 2. The van der Waals surface area contributed by atoms with Gasteiger partial charge in [0.15, 0.2) is 0 Å². The van der Waals surface area contributed by atoms with Crippen molar-refractivity contribution in [3.63, 3.8) is 0 Å². The Balaban J connectivity index is 1.49. The fraction of sp³-hybridized carbons (Fsp3) is 0.324. The van der Waals surface area contributed by atoms with Crippen molar-refractivity contribution in [2.24, 2.45) is 5.92 Å². The number of aryl methyl sites for hydroxylation is 1. The van der Waals surface area contributed by atoms with Gasteiger partial charge < -0.3 is 24.8 Å². The normalized spacial score (nSPS) is 16.0. The zero-order chi connectivity index (χ0) is 36.3. The van der Waals surface area contributed by atoms with E-state index in [-0.39, 0.29) is 23.7 Å². The zero-order valence-corrected chi connectivity index (χ0v) is 29.3. The van der Waals surface area contributed by atoms with Gasteiger partial charge in [-0.3, -0.25) is 9.32 Å². The Morgan fingerprint density at radius 1 is 1.14 bits per heavy atom. The number of aliphatic hydroxyl groups is 1. The van der Waals surface area contributed by atoms with Gasteiger partial charge in [-0.1, -0.05) is 79.6 Å². The van der Waals surface area contributed by atoms with Gasteiger partial charge in [-0.2, -0.15) is 0 Å². The molecule has 0 amide bonds. The number of nitrogens with one attached hydrogen (secondary N) is 1. The number of carbonyl (C=O) groups is 1. The summed E-state index contributed by atoms with van der Waals surface area (Å²) in [4.78, 5) is 20.7. The van der Waals surface area contributed by atoms with E-state index < -0.39 is 50.7 Å². The Kier molecular flexibility index (Phi) is 13.2. The van der Waals surface area contributed by atoms with E-state index in [0.717, 1.165) is 16.3 Å². The van der Waals surface area contributed by atoms with Gasteiger partial charge in [0.05, 0.1) is 24.5 Å². The van der Waals surface area contributed by atoms with Crippen LogP contribution in [-0.4, -0.2) is 65.8 Å². The van der Waals surface area contributed by atoms with E-state index in [0.29, 0.717) is 17.7 Å². The van der Waals surface area contributed by atoms with Crippen molar-refractivity contribution in [1.82, 2.24) is 15.1 Å². The maximum atomic E-state index is 16.4. The third kappa shape index (κ3) is 9.97. The number of nitrogens with two attached hydrogens (primary N) is 1. The van der Waals surface area contributed by atoms with E-state index in [1.807, 2.05) is 54.6 Å². The minimum absolute atomic E-state index is 0.103. The number of anilines is 1. The number of benzene rings is 3. The first-order chi connectivity index (χ1) is 23.9. The number of aliphatic hydroxyl groups excluding tert-OH is 1. The number of esters is 1. The molecule has 11 nitrogen and oxygen atoms in total. The molecule has 1 aromatic heterocycles. The number of allylic oxidation sites excluding steroid dienone is 2. The first kappa shape index (κ1) is 38.2. The summed E-state index contributed by atoms with van der Waals surface area (Å²) in [6.07, 6.45) is 5.85. The van der Waals surface area contributed by atoms with Crippen molar-refractivity contribution in [3.05, 3.63) is 102 Å². The number of terminal acetylenes is 1. The highest BCUT2D eigenvalue weighted by atomic mass is 31.2. The maximum absolute atomic E-state index is 16.4. The third-order valence-electron chi connectivity index (χ3n) is 8.30. The fourth-order valence-electron chi connectivity index (χ4n) is 5.14. The lowest BCUT2D eigenvalue weighted by Gasteiger charge is -2.35. The second-order valence-electron chi connectivity index (χ2n) is 11.8. The summed E-state index contributed by atoms with van der Waals surface area (Å²) in [5.41, 5.74) is 5.81. The number of aromatic nitrogens is 2. The van der Waals surface area contributed by atoms with Gasteiger partial charge in [0, 0.05) is 25.0 Å². The predicted molar refractivity (Wildman–Crippen MR) is 191 cm³/mol. The van der Waals surface area contributed by atoms with Crippen LogP contribution in [0.3, 0.4) is 0 Å². The molecule has 1 heterocycles. The van der Waals surface area contributed by atoms with Crippen molar-refractivity contribution in [2.45, 2.75) is 45.1 Å². The number of nitrogen functional groups attached to an aromatic ring is 1. The summed E-state index contributed by atoms with van der Waals surface area (Å²) in [5, 5.41) is 15.5. The average molecular weight is 705 g/mol. The minimum atomic E-state index is -4.36. The molecule has 0 spiro atoms. The van der Waals surface area contributed by atoms with E-state index in [1.165, 1.54) is 33.4 Å². The average Bonchev–Trinajstić information content (AvgIpc) is 3.10. The molecule has 0 radical (unpaired) electrons. The summed E-state index contributed by atoms with van der Waals surface area (Å²) in [7, 11) is -3.11. The van der Waals surface area contributed by atoms with Gasteiger partial charge in [0.1, 0.15) is 42.3 Å². The Morgan fingerprint density at radius 2 is 1.84 bits per heavy atom. The summed E-state index contributed by atoms with van der Waals surface area (Å²) < 4.78 is 52.7. The van der Waals surface area contributed by atoms with Gasteiger partial charge in [-0.25, -0.2) is 24.0 Å². The molecule has 13 heteroatoms. The van der Waals surface area contributed by atoms with Crippen LogP contribution in [0.5, 0.6) is 5.75 Å². The molecule has 0 fully saturated rings. The molecule has 3 aromatic carbocycles. The Labute approximate surface area is 291 Å². The van der Waals surface area contributed by atoms with Gasteiger partial charge in [-0.05, 0) is 42.3 Å². The molecule has 264 valence electrons. The third-order valence-corrected chi connectivity index (χ3v) is 9.79. The molecule has 4 unspecified atom stereocenters. The van der Waals surface area contributed by atoms with Crippen LogP contribution in [-0.2, 0) is 29.8 Å². The SMILES string of the molecule is C#C/C(=C/C(C)C(C)(F)[C@H](O)C(COP(=O)(NCC(=O)OCCc1ccccc1)Oc1ccc2ccccc2c1)OC)c1c(C)ncnc1N. The zero-order valence-electron chi connectivity index (χ0n) is 28.4. The fourth-order valence-corrected chi connectivity index (χ4v) is 6.41. The van der Waals surface area contributed by atoms with E-state index in [2.05, 4.69) is 21.0 Å². The minimum Gasteiger partial charge on any atom is -0.464 e. The Hall–Kier alpha value is -4.63. The molecule has 50 heavy (non-hydrogen) atoms. The van der Waals surface area contributed by atoms with Crippen LogP contribution in [0.1, 0.15) is 30.7 Å². The topological polar surface area (TPSA) is 155 Å². The monoisotopic (exact) mass is 704 g/mol. The van der Waals surface area contributed by atoms with Crippen LogP contribution >= 0.6 is 7.75 Å². The summed E-state index contributed by atoms with van der Waals surface area (Å²) >= 11 is 0. The summed E-state index contributed by atoms with van der Waals surface area (Å²) in [6.45, 7) is 3.40. The number of carbonyl (C=O) groups excluding carboxylic acids is 1. The number of halogens is 1. The van der Waals surface area contributed by atoms with Crippen LogP contribution in [0.25, 0.3) is 16.3 Å². The van der Waals surface area contributed by atoms with Crippen LogP contribution in [0.2, 0.25) is 0 Å². The highest BCUT2D eigenvalue weighted by Crippen LogP contribution is 2.45. The number of nitrogens with zero attached hydrogens (tertiary/aromatic N) is 2. The van der Waals surface area contributed by atoms with Crippen molar-refractivity contribution < 1.29 is 37.4 Å². The van der Waals surface area contributed by atoms with Crippen LogP contribution in [0.15, 0.2) is 85.2 Å². The maximum Gasteiger partial charge on any atom is 0.459 e. The lowest BCUT2D eigenvalue weighted by atomic mass is 9.83. The summed E-state index contributed by atoms with van der Waals surface area (Å²) in [6, 6.07) is 22.0. The van der Waals surface area contributed by atoms with Gasteiger partial charge in [0.2, 0.25) is 0 Å². The van der Waals surface area contributed by atoms with E-state index >= 15 is 4.39 Å². The van der Waals surface area contributed by atoms with Crippen LogP contribution in [0, 0.1) is 25.2 Å². The van der Waals surface area contributed by atoms with Gasteiger partial charge in [-0.15, -0.1) is 6.42 Å². The lowest BCUT2D eigenvalue weighted by molar-refractivity contribution is -0.142. The van der Waals surface area contributed by atoms with Crippen molar-refractivity contribution >= 4 is 35.9 Å². The second kappa shape index (κ2) is 17.3. The molecule has 4 N–H and O–H groups in total. The molecule has 5 atom stereocenters. The number of hydrogen-bond acceptors (Lipinski definition) is 10. The number of fused-ring (bicyclic) bond motifs is 1. The van der Waals surface area contributed by atoms with E-state index in [4.69, 9.17) is 30.7 Å². The molecule has 0 aliphatic rings. The Morgan fingerprint density at radius 3 is 2.52 bits per heavy atom. The molecular weight excluding hydrogens is 662 g/mol. The largest absolute Gasteiger partial charge is 0.464 e. The molecule has 0 saturated carbocycles. The number of alkyl halides is 1. The van der Waals surface area contributed by atoms with Gasteiger partial charge >= 0.3 is 13.7 Å². The summed E-state index contributed by atoms with van der Waals surface area (Å²) in [5.74, 6) is 1.14. The molecular formula is C37H42FN4O7P. The molecule has 0 saturated heterocycles. The Bertz CT molecular complexity index is 1860. The van der Waals surface area contributed by atoms with Gasteiger partial charge in [0.25, 0.3) is 0 Å². The smallest absolute Gasteiger partial charge is 0.459 e. The molecule has 0 aliphatic carbocycles. The standard InChI is InChI=1S/C37H42FN4O7P/c1-6-28(34-26(3)40-24-41-36(34)39)20-25(2)37(4,38)35(44)32(46-5)23-48-50(45,49-31-17-16-29-14-10-11-15-30(29)21-31)42-22-33(43)47-19-18-27-12-8-7-9-13-27/h1,7-17,20-21,24-25,32,35,44H,18-19,22-23H2,2-5H3,(H,42,45)(H2,39,40,41)/b28-20-/t25?,32?,35-,37?,50?/m1/s1. The van der Waals surface area contributed by atoms with Crippen molar-refractivity contribution in [2.75, 3.05) is 32.6 Å². The van der Waals surface area contributed by atoms with Crippen molar-refractivity contribution in [1.29, 1.82) is 0 Å². The molecule has 4 aromatic rings. The van der Waals surface area contributed by atoms with Crippen LogP contribution in [0.4, 0.5) is 10.2 Å². The second-order valence-corrected chi connectivity index (χ2v) is 13.5. The lowest BCUT2D eigenvalue weighted by Crippen LogP contribution is -2.50. The van der Waals surface area contributed by atoms with Crippen molar-refractivity contribution in [3.8, 4) is 18.1 Å². The number of hydrogen-bond donors (Lipinski definition) is 3. The highest BCUT2D eigenvalue weighted by Gasteiger charge is 2.44. The molecule has 4 rings (SSSR count). The van der Waals surface area contributed by atoms with Crippen LogP contribution < -0.4 is 15.3 Å². The predicted octanol–water partition coefficient (Wildman–Crippen LogP) is 5.86. The molecule has 0 aliphatic heterocycles. The number of rotatable bonds is 17. The first-order valence-corrected chi connectivity index (χ1v) is 17.4. The highest BCUT2D eigenvalue weighted by molar-refractivity contribution is 7.52.